The van der Waals surface area contributed by atoms with Crippen LogP contribution in [0.25, 0.3) is 0 Å². The van der Waals surface area contributed by atoms with Crippen molar-refractivity contribution in [2.75, 3.05) is 0 Å². The minimum atomic E-state index is -1.28. The van der Waals surface area contributed by atoms with Crippen molar-refractivity contribution in [3.05, 3.63) is 0 Å². The Morgan fingerprint density at radius 2 is 1.58 bits per heavy atom. The first-order valence-electron chi connectivity index (χ1n) is 6.65. The second-order valence-electron chi connectivity index (χ2n) is 6.02. The number of carbonyl (C=O) groups is 2. The van der Waals surface area contributed by atoms with Gasteiger partial charge in [-0.2, -0.15) is 0 Å². The van der Waals surface area contributed by atoms with Crippen LogP contribution in [-0.2, 0) is 9.59 Å². The van der Waals surface area contributed by atoms with Crippen molar-refractivity contribution in [2.45, 2.75) is 59.8 Å². The molecule has 0 bridgehead atoms. The smallest absolute Gasteiger partial charge is 1.00 e. The molecule has 0 saturated heterocycles. The largest absolute Gasteiger partial charge is 2.00 e. The summed E-state index contributed by atoms with van der Waals surface area (Å²) >= 11 is 0. The van der Waals surface area contributed by atoms with E-state index in [0.717, 1.165) is 25.7 Å². The van der Waals surface area contributed by atoms with Gasteiger partial charge in [-0.05, 0) is 24.2 Å². The van der Waals surface area contributed by atoms with Crippen molar-refractivity contribution < 1.29 is 22.7 Å². The quantitative estimate of drug-likeness (QED) is 0.374. The Morgan fingerprint density at radius 3 is 1.89 bits per heavy atom. The molecule has 0 aliphatic rings. The molecule has 0 fully saturated rings. The second kappa shape index (κ2) is 10.3. The molecule has 0 aliphatic carbocycles. The number of rotatable bonds is 8. The molecule has 0 amide bonds. The summed E-state index contributed by atoms with van der Waals surface area (Å²) in [5, 5.41) is 17.9. The summed E-state index contributed by atoms with van der Waals surface area (Å²) in [5.41, 5.74) is -0.0586. The molecule has 19 heavy (non-hydrogen) atoms. The zero-order chi connectivity index (χ0) is 14.3. The predicted octanol–water partition coefficient (Wildman–Crippen LogP) is 3.25. The standard InChI is InChI=1S/C14H26O4.Ba.2H/c1-5-6-7-8-10(14(2,3)4)9-11(12(15)16)13(17)18;;;/h10-11H,5-9H2,1-4H3,(H,15,16)(H,17,18);;;/q;+2;2*-1. The van der Waals surface area contributed by atoms with Crippen molar-refractivity contribution in [3.8, 4) is 0 Å². The van der Waals surface area contributed by atoms with Gasteiger partial charge in [-0.3, -0.25) is 9.59 Å². The normalized spacial score (nSPS) is 12.9. The van der Waals surface area contributed by atoms with E-state index in [4.69, 9.17) is 10.2 Å². The van der Waals surface area contributed by atoms with Crippen molar-refractivity contribution in [3.63, 3.8) is 0 Å². The topological polar surface area (TPSA) is 74.6 Å². The summed E-state index contributed by atoms with van der Waals surface area (Å²) in [6, 6.07) is 0. The fourth-order valence-corrected chi connectivity index (χ4v) is 2.14. The van der Waals surface area contributed by atoms with Crippen LogP contribution < -0.4 is 0 Å². The maximum absolute atomic E-state index is 11.0. The summed E-state index contributed by atoms with van der Waals surface area (Å²) in [6.45, 7) is 8.25. The maximum atomic E-state index is 11.0. The molecule has 0 aromatic rings. The fourth-order valence-electron chi connectivity index (χ4n) is 2.14. The molecule has 0 radical (unpaired) electrons. The van der Waals surface area contributed by atoms with E-state index in [1.165, 1.54) is 0 Å². The Labute approximate surface area is 159 Å². The van der Waals surface area contributed by atoms with E-state index >= 15 is 0 Å². The van der Waals surface area contributed by atoms with E-state index < -0.39 is 17.9 Å². The number of unbranched alkanes of at least 4 members (excludes halogenated alkanes) is 2. The van der Waals surface area contributed by atoms with Gasteiger partial charge in [-0.1, -0.05) is 47.0 Å². The number of carboxylic acid groups (broad SMARTS) is 2. The molecule has 1 atom stereocenters. The van der Waals surface area contributed by atoms with Crippen LogP contribution in [0.2, 0.25) is 0 Å². The Balaban J connectivity index is -0.000000482. The van der Waals surface area contributed by atoms with E-state index in [2.05, 4.69) is 6.92 Å². The first-order chi connectivity index (χ1) is 8.20. The number of hydrogen-bond donors (Lipinski definition) is 2. The van der Waals surface area contributed by atoms with Crippen LogP contribution in [-0.4, -0.2) is 71.0 Å². The Morgan fingerprint density at radius 1 is 1.11 bits per heavy atom. The summed E-state index contributed by atoms with van der Waals surface area (Å²) < 4.78 is 0. The monoisotopic (exact) mass is 398 g/mol. The first-order valence-corrected chi connectivity index (χ1v) is 6.65. The van der Waals surface area contributed by atoms with Crippen molar-refractivity contribution in [1.82, 2.24) is 0 Å². The molecule has 0 spiro atoms. The molecule has 1 unspecified atom stereocenters. The van der Waals surface area contributed by atoms with Crippen molar-refractivity contribution >= 4 is 60.8 Å². The molecular formula is C14H28BaO4. The zero-order valence-corrected chi connectivity index (χ0v) is 17.0. The van der Waals surface area contributed by atoms with Crippen LogP contribution in [0.1, 0.15) is 62.7 Å². The minimum absolute atomic E-state index is 0. The molecule has 0 aromatic carbocycles. The van der Waals surface area contributed by atoms with Gasteiger partial charge in [-0.15, -0.1) is 0 Å². The SMILES string of the molecule is CCCCCC(CC(C(=O)O)C(=O)O)C(C)(C)C.[Ba+2].[H-].[H-]. The van der Waals surface area contributed by atoms with Crippen LogP contribution in [0.3, 0.4) is 0 Å². The van der Waals surface area contributed by atoms with Gasteiger partial charge in [0.15, 0.2) is 5.92 Å². The van der Waals surface area contributed by atoms with E-state index in [9.17, 15) is 9.59 Å². The summed E-state index contributed by atoms with van der Waals surface area (Å²) in [6.07, 6.45) is 4.37. The summed E-state index contributed by atoms with van der Waals surface area (Å²) in [5.74, 6) is -3.61. The maximum Gasteiger partial charge on any atom is 2.00 e. The van der Waals surface area contributed by atoms with Gasteiger partial charge in [0, 0.05) is 0 Å². The predicted molar refractivity (Wildman–Crippen MR) is 78.4 cm³/mol. The van der Waals surface area contributed by atoms with Gasteiger partial charge >= 0.3 is 60.8 Å². The van der Waals surface area contributed by atoms with Gasteiger partial charge in [0.2, 0.25) is 0 Å². The van der Waals surface area contributed by atoms with Crippen LogP contribution in [0.5, 0.6) is 0 Å². The molecule has 0 aromatic heterocycles. The average molecular weight is 398 g/mol. The zero-order valence-electron chi connectivity index (χ0n) is 14.6. The molecule has 2 N–H and O–H groups in total. The first kappa shape index (κ1) is 21.8. The van der Waals surface area contributed by atoms with Gasteiger partial charge in [0.1, 0.15) is 0 Å². The molecule has 0 aliphatic heterocycles. The molecule has 0 heterocycles. The number of hydrogen-bond acceptors (Lipinski definition) is 2. The minimum Gasteiger partial charge on any atom is -1.00 e. The Hall–Kier alpha value is 0.511. The van der Waals surface area contributed by atoms with Crippen LogP contribution in [0.4, 0.5) is 0 Å². The van der Waals surface area contributed by atoms with E-state index in [1.54, 1.807) is 0 Å². The molecule has 110 valence electrons. The van der Waals surface area contributed by atoms with E-state index in [0.29, 0.717) is 0 Å². The molecule has 0 rings (SSSR count). The van der Waals surface area contributed by atoms with E-state index in [-0.39, 0.29) is 69.5 Å². The molecule has 5 heteroatoms. The van der Waals surface area contributed by atoms with Crippen molar-refractivity contribution in [1.29, 1.82) is 0 Å². The molecular weight excluding hydrogens is 369 g/mol. The summed E-state index contributed by atoms with van der Waals surface area (Å²) in [7, 11) is 0. The van der Waals surface area contributed by atoms with Crippen LogP contribution >= 0.6 is 0 Å². The van der Waals surface area contributed by atoms with Gasteiger partial charge in [0.05, 0.1) is 0 Å². The fraction of sp³-hybridized carbons (Fsp3) is 0.857. The third kappa shape index (κ3) is 9.13. The summed E-state index contributed by atoms with van der Waals surface area (Å²) in [4.78, 5) is 21.9. The average Bonchev–Trinajstić information content (AvgIpc) is 2.20. The number of carboxylic acids is 2. The third-order valence-electron chi connectivity index (χ3n) is 3.50. The third-order valence-corrected chi connectivity index (χ3v) is 3.50. The Bertz CT molecular complexity index is 279. The Kier molecular flexibility index (Phi) is 11.8. The van der Waals surface area contributed by atoms with Gasteiger partial charge in [-0.25, -0.2) is 0 Å². The molecule has 0 saturated carbocycles. The second-order valence-corrected chi connectivity index (χ2v) is 6.02. The van der Waals surface area contributed by atoms with Crippen LogP contribution in [0.15, 0.2) is 0 Å². The molecule has 4 nitrogen and oxygen atoms in total. The van der Waals surface area contributed by atoms with Crippen molar-refractivity contribution in [2.24, 2.45) is 17.3 Å². The number of aliphatic carboxylic acids is 2. The van der Waals surface area contributed by atoms with E-state index in [1.807, 2.05) is 20.8 Å². The van der Waals surface area contributed by atoms with Crippen LogP contribution in [0, 0.1) is 17.3 Å². The van der Waals surface area contributed by atoms with Gasteiger partial charge in [0.25, 0.3) is 0 Å². The van der Waals surface area contributed by atoms with Gasteiger partial charge < -0.3 is 13.1 Å².